The van der Waals surface area contributed by atoms with Crippen LogP contribution in [0.5, 0.6) is 5.75 Å². The van der Waals surface area contributed by atoms with Crippen LogP contribution in [0.15, 0.2) is 36.7 Å². The number of aromatic nitrogens is 1. The lowest BCUT2D eigenvalue weighted by atomic mass is 10.1. The molecule has 2 rings (SSSR count). The van der Waals surface area contributed by atoms with Gasteiger partial charge in [-0.3, -0.25) is 15.6 Å². The molecule has 0 saturated heterocycles. The molecule has 0 aliphatic rings. The topological polar surface area (TPSA) is 89.3 Å². The van der Waals surface area contributed by atoms with Crippen molar-refractivity contribution in [2.24, 2.45) is 5.84 Å². The number of pyridine rings is 1. The fraction of sp³-hybridized carbons (Fsp3) is 0.143. The highest BCUT2D eigenvalue weighted by atomic mass is 16.5. The first kappa shape index (κ1) is 13.8. The minimum absolute atomic E-state index is 0.256. The molecule has 1 aromatic carbocycles. The second-order valence-electron chi connectivity index (χ2n) is 4.20. The molecule has 20 heavy (non-hydrogen) atoms. The normalized spacial score (nSPS) is 9.95. The van der Waals surface area contributed by atoms with E-state index in [9.17, 15) is 4.79 Å². The number of hydrazine groups is 1. The van der Waals surface area contributed by atoms with Crippen LogP contribution in [0.4, 0.5) is 11.4 Å². The molecule has 0 spiro atoms. The van der Waals surface area contributed by atoms with E-state index < -0.39 is 0 Å². The number of hydrogen-bond donors (Lipinski definition) is 3. The Balaban J connectivity index is 2.23. The smallest absolute Gasteiger partial charge is 0.257 e. The third kappa shape index (κ3) is 2.86. The van der Waals surface area contributed by atoms with Gasteiger partial charge in [0.1, 0.15) is 5.75 Å². The summed E-state index contributed by atoms with van der Waals surface area (Å²) in [4.78, 5) is 16.1. The van der Waals surface area contributed by atoms with Crippen molar-refractivity contribution in [3.8, 4) is 5.75 Å². The van der Waals surface area contributed by atoms with Gasteiger partial charge in [-0.05, 0) is 36.8 Å². The van der Waals surface area contributed by atoms with Crippen LogP contribution < -0.4 is 21.3 Å². The predicted octanol–water partition coefficient (Wildman–Crippen LogP) is 1.94. The van der Waals surface area contributed by atoms with Gasteiger partial charge in [0.05, 0.1) is 24.6 Å². The lowest BCUT2D eigenvalue weighted by molar-refractivity contribution is 0.102. The molecule has 0 saturated carbocycles. The van der Waals surface area contributed by atoms with Crippen molar-refractivity contribution in [1.29, 1.82) is 0 Å². The number of ether oxygens (including phenoxy) is 1. The van der Waals surface area contributed by atoms with Crippen molar-refractivity contribution >= 4 is 17.3 Å². The van der Waals surface area contributed by atoms with E-state index in [0.717, 1.165) is 17.0 Å². The van der Waals surface area contributed by atoms with E-state index in [1.165, 1.54) is 12.4 Å². The van der Waals surface area contributed by atoms with Gasteiger partial charge in [-0.25, -0.2) is 0 Å². The summed E-state index contributed by atoms with van der Waals surface area (Å²) >= 11 is 0. The number of benzene rings is 1. The predicted molar refractivity (Wildman–Crippen MR) is 77.7 cm³/mol. The number of aryl methyl sites for hydroxylation is 1. The summed E-state index contributed by atoms with van der Waals surface area (Å²) in [5, 5.41) is 2.83. The van der Waals surface area contributed by atoms with Crippen molar-refractivity contribution in [2.75, 3.05) is 17.9 Å². The third-order valence-electron chi connectivity index (χ3n) is 2.90. The number of hydrogen-bond acceptors (Lipinski definition) is 5. The molecule has 1 amide bonds. The Hall–Kier alpha value is -2.60. The molecule has 0 unspecified atom stereocenters. The number of nitrogens with zero attached hydrogens (tertiary/aromatic N) is 1. The molecule has 0 fully saturated rings. The minimum atomic E-state index is -0.256. The van der Waals surface area contributed by atoms with Crippen molar-refractivity contribution in [3.63, 3.8) is 0 Å². The van der Waals surface area contributed by atoms with Gasteiger partial charge in [0.15, 0.2) is 0 Å². The number of carbonyl (C=O) groups excluding carboxylic acids is 1. The van der Waals surface area contributed by atoms with Crippen molar-refractivity contribution < 1.29 is 9.53 Å². The highest BCUT2D eigenvalue weighted by Crippen LogP contribution is 2.22. The van der Waals surface area contributed by atoms with E-state index in [4.69, 9.17) is 10.6 Å². The highest BCUT2D eigenvalue weighted by molar-refractivity contribution is 6.08. The van der Waals surface area contributed by atoms with E-state index in [0.29, 0.717) is 11.3 Å². The second kappa shape index (κ2) is 6.03. The van der Waals surface area contributed by atoms with Crippen LogP contribution in [0, 0.1) is 6.92 Å². The summed E-state index contributed by atoms with van der Waals surface area (Å²) in [6.45, 7) is 1.90. The second-order valence-corrected chi connectivity index (χ2v) is 4.20. The molecule has 0 bridgehead atoms. The maximum absolute atomic E-state index is 12.2. The lowest BCUT2D eigenvalue weighted by Crippen LogP contribution is -2.17. The summed E-state index contributed by atoms with van der Waals surface area (Å²) < 4.78 is 5.13. The monoisotopic (exact) mass is 272 g/mol. The molecule has 0 atom stereocenters. The zero-order valence-electron chi connectivity index (χ0n) is 11.3. The standard InChI is InChI=1S/C14H16N4O2/c1-9-7-10(20-2)3-4-12(9)17-14(19)11-5-6-16-8-13(11)18-15/h3-8,18H,15H2,1-2H3,(H,17,19). The molecule has 4 N–H and O–H groups in total. The summed E-state index contributed by atoms with van der Waals surface area (Å²) in [6.07, 6.45) is 3.03. The van der Waals surface area contributed by atoms with Crippen LogP contribution in [-0.4, -0.2) is 18.0 Å². The van der Waals surface area contributed by atoms with Gasteiger partial charge < -0.3 is 15.5 Å². The SMILES string of the molecule is COc1ccc(NC(=O)c2ccncc2NN)c(C)c1. The summed E-state index contributed by atoms with van der Waals surface area (Å²) in [7, 11) is 1.60. The maximum atomic E-state index is 12.2. The number of nitrogen functional groups attached to an aromatic ring is 1. The Morgan fingerprint density at radius 3 is 2.75 bits per heavy atom. The molecule has 1 aromatic heterocycles. The molecular formula is C14H16N4O2. The summed E-state index contributed by atoms with van der Waals surface area (Å²) in [5.41, 5.74) is 4.98. The van der Waals surface area contributed by atoms with Gasteiger partial charge in [-0.1, -0.05) is 0 Å². The fourth-order valence-corrected chi connectivity index (χ4v) is 1.80. The molecule has 1 heterocycles. The van der Waals surface area contributed by atoms with E-state index in [1.54, 1.807) is 25.3 Å². The number of nitrogens with two attached hydrogens (primary N) is 1. The molecule has 2 aromatic rings. The van der Waals surface area contributed by atoms with Crippen molar-refractivity contribution in [2.45, 2.75) is 6.92 Å². The first-order valence-corrected chi connectivity index (χ1v) is 6.02. The van der Waals surface area contributed by atoms with E-state index in [2.05, 4.69) is 15.7 Å². The maximum Gasteiger partial charge on any atom is 0.257 e. The Bertz CT molecular complexity index is 628. The minimum Gasteiger partial charge on any atom is -0.497 e. The van der Waals surface area contributed by atoms with E-state index in [-0.39, 0.29) is 5.91 Å². The lowest BCUT2D eigenvalue weighted by Gasteiger charge is -2.11. The molecule has 0 radical (unpaired) electrons. The third-order valence-corrected chi connectivity index (χ3v) is 2.90. The van der Waals surface area contributed by atoms with Gasteiger partial charge in [0.2, 0.25) is 0 Å². The zero-order chi connectivity index (χ0) is 14.5. The quantitative estimate of drug-likeness (QED) is 0.584. The average molecular weight is 272 g/mol. The van der Waals surface area contributed by atoms with Gasteiger partial charge in [-0.15, -0.1) is 0 Å². The van der Waals surface area contributed by atoms with Crippen LogP contribution in [0.2, 0.25) is 0 Å². The van der Waals surface area contributed by atoms with Crippen LogP contribution in [0.3, 0.4) is 0 Å². The number of carbonyl (C=O) groups is 1. The number of rotatable bonds is 4. The summed E-state index contributed by atoms with van der Waals surface area (Å²) in [5.74, 6) is 5.85. The number of nitrogens with one attached hydrogen (secondary N) is 2. The largest absolute Gasteiger partial charge is 0.497 e. The Morgan fingerprint density at radius 2 is 2.10 bits per heavy atom. The average Bonchev–Trinajstić information content (AvgIpc) is 2.49. The number of anilines is 2. The van der Waals surface area contributed by atoms with Crippen molar-refractivity contribution in [1.82, 2.24) is 4.98 Å². The van der Waals surface area contributed by atoms with Gasteiger partial charge in [-0.2, -0.15) is 0 Å². The van der Waals surface area contributed by atoms with Gasteiger partial charge >= 0.3 is 0 Å². The zero-order valence-corrected chi connectivity index (χ0v) is 11.3. The molecule has 104 valence electrons. The molecule has 0 aliphatic heterocycles. The van der Waals surface area contributed by atoms with Crippen molar-refractivity contribution in [3.05, 3.63) is 47.8 Å². The summed E-state index contributed by atoms with van der Waals surface area (Å²) in [6, 6.07) is 7.04. The van der Waals surface area contributed by atoms with E-state index in [1.807, 2.05) is 13.0 Å². The molecule has 6 nitrogen and oxygen atoms in total. The molecule has 6 heteroatoms. The van der Waals surface area contributed by atoms with Crippen LogP contribution in [-0.2, 0) is 0 Å². The van der Waals surface area contributed by atoms with Gasteiger partial charge in [0.25, 0.3) is 5.91 Å². The van der Waals surface area contributed by atoms with E-state index >= 15 is 0 Å². The molecular weight excluding hydrogens is 256 g/mol. The first-order chi connectivity index (χ1) is 9.65. The van der Waals surface area contributed by atoms with Crippen LogP contribution in [0.25, 0.3) is 0 Å². The highest BCUT2D eigenvalue weighted by Gasteiger charge is 2.12. The fourth-order valence-electron chi connectivity index (χ4n) is 1.80. The van der Waals surface area contributed by atoms with Gasteiger partial charge in [0, 0.05) is 11.9 Å². The Labute approximate surface area is 116 Å². The van der Waals surface area contributed by atoms with Crippen LogP contribution >= 0.6 is 0 Å². The first-order valence-electron chi connectivity index (χ1n) is 6.02. The number of amides is 1. The van der Waals surface area contributed by atoms with Crippen LogP contribution in [0.1, 0.15) is 15.9 Å². The number of methoxy groups -OCH3 is 1. The Kier molecular flexibility index (Phi) is 4.17. The molecule has 0 aliphatic carbocycles. The Morgan fingerprint density at radius 1 is 1.30 bits per heavy atom.